The summed E-state index contributed by atoms with van der Waals surface area (Å²) in [5, 5.41) is 13.3. The van der Waals surface area contributed by atoms with E-state index in [1.165, 1.54) is 18.2 Å². The van der Waals surface area contributed by atoms with Crippen molar-refractivity contribution in [2.75, 3.05) is 5.32 Å². The molecule has 0 unspecified atom stereocenters. The van der Waals surface area contributed by atoms with Crippen LogP contribution in [0.2, 0.25) is 0 Å². The fourth-order valence-corrected chi connectivity index (χ4v) is 1.65. The van der Waals surface area contributed by atoms with Crippen molar-refractivity contribution in [1.82, 2.24) is 0 Å². The highest BCUT2D eigenvalue weighted by atomic mass is 19.2. The number of benzene rings is 2. The molecule has 0 atom stereocenters. The van der Waals surface area contributed by atoms with Gasteiger partial charge in [-0.3, -0.25) is 10.1 Å². The van der Waals surface area contributed by atoms with Gasteiger partial charge in [0.1, 0.15) is 0 Å². The Balaban J connectivity index is 2.17. The maximum absolute atomic E-state index is 13.8. The highest BCUT2D eigenvalue weighted by molar-refractivity contribution is 5.45. The number of nitro benzene ring substituents is 1. The molecule has 4 nitrogen and oxygen atoms in total. The molecule has 2 rings (SSSR count). The summed E-state index contributed by atoms with van der Waals surface area (Å²) >= 11 is 0. The van der Waals surface area contributed by atoms with Gasteiger partial charge in [0.2, 0.25) is 5.82 Å². The van der Waals surface area contributed by atoms with E-state index in [1.54, 1.807) is 0 Å². The van der Waals surface area contributed by atoms with Gasteiger partial charge in [-0.15, -0.1) is 0 Å². The van der Waals surface area contributed by atoms with Crippen molar-refractivity contribution in [1.29, 1.82) is 0 Å². The zero-order valence-corrected chi connectivity index (χ0v) is 10.1. The van der Waals surface area contributed by atoms with Gasteiger partial charge in [0, 0.05) is 29.9 Å². The van der Waals surface area contributed by atoms with Crippen molar-refractivity contribution < 1.29 is 18.1 Å². The lowest BCUT2D eigenvalue weighted by molar-refractivity contribution is -0.387. The van der Waals surface area contributed by atoms with Crippen molar-refractivity contribution in [3.8, 4) is 0 Å². The highest BCUT2D eigenvalue weighted by Gasteiger charge is 2.16. The molecule has 0 radical (unpaired) electrons. The Bertz CT molecular complexity index is 662. The molecule has 0 amide bonds. The largest absolute Gasteiger partial charge is 0.381 e. The van der Waals surface area contributed by atoms with E-state index in [1.807, 2.05) is 0 Å². The van der Waals surface area contributed by atoms with Crippen molar-refractivity contribution in [3.05, 3.63) is 69.5 Å². The van der Waals surface area contributed by atoms with Crippen LogP contribution in [0.5, 0.6) is 0 Å². The fourth-order valence-electron chi connectivity index (χ4n) is 1.65. The molecule has 0 saturated carbocycles. The fraction of sp³-hybridized carbons (Fsp3) is 0.0769. The summed E-state index contributed by atoms with van der Waals surface area (Å²) in [5.74, 6) is -2.97. The van der Waals surface area contributed by atoms with Gasteiger partial charge in [-0.05, 0) is 12.1 Å². The number of hydrogen-bond donors (Lipinski definition) is 1. The summed E-state index contributed by atoms with van der Waals surface area (Å²) in [6.45, 7) is -0.0847. The topological polar surface area (TPSA) is 55.2 Å². The predicted molar refractivity (Wildman–Crippen MR) is 66.7 cm³/mol. The summed E-state index contributed by atoms with van der Waals surface area (Å²) in [4.78, 5) is 9.76. The maximum atomic E-state index is 13.8. The predicted octanol–water partition coefficient (Wildman–Crippen LogP) is 3.62. The van der Waals surface area contributed by atoms with Crippen molar-refractivity contribution in [2.24, 2.45) is 0 Å². The average molecular weight is 282 g/mol. The lowest BCUT2D eigenvalue weighted by atomic mass is 10.2. The molecule has 104 valence electrons. The molecule has 20 heavy (non-hydrogen) atoms. The minimum Gasteiger partial charge on any atom is -0.381 e. The van der Waals surface area contributed by atoms with Gasteiger partial charge in [0.15, 0.2) is 11.6 Å². The van der Waals surface area contributed by atoms with Gasteiger partial charge >= 0.3 is 5.69 Å². The van der Waals surface area contributed by atoms with Crippen LogP contribution in [0.1, 0.15) is 5.56 Å². The van der Waals surface area contributed by atoms with Crippen LogP contribution in [0.15, 0.2) is 36.4 Å². The van der Waals surface area contributed by atoms with Crippen molar-refractivity contribution >= 4 is 11.4 Å². The molecule has 0 aliphatic carbocycles. The van der Waals surface area contributed by atoms with Crippen molar-refractivity contribution in [3.63, 3.8) is 0 Å². The Morgan fingerprint density at radius 2 is 1.85 bits per heavy atom. The monoisotopic (exact) mass is 282 g/mol. The Labute approximate surface area is 112 Å². The van der Waals surface area contributed by atoms with E-state index >= 15 is 0 Å². The van der Waals surface area contributed by atoms with Crippen LogP contribution in [0, 0.1) is 27.6 Å². The summed E-state index contributed by atoms with van der Waals surface area (Å²) < 4.78 is 39.5. The molecule has 1 N–H and O–H groups in total. The molecule has 2 aromatic rings. The third-order valence-electron chi connectivity index (χ3n) is 2.66. The van der Waals surface area contributed by atoms with Crippen LogP contribution in [0.4, 0.5) is 24.5 Å². The molecule has 7 heteroatoms. The van der Waals surface area contributed by atoms with Crippen LogP contribution in [0.3, 0.4) is 0 Å². The molecule has 0 heterocycles. The van der Waals surface area contributed by atoms with Gasteiger partial charge in [0.05, 0.1) is 4.92 Å². The number of nitro groups is 1. The van der Waals surface area contributed by atoms with Crippen LogP contribution in [-0.2, 0) is 6.54 Å². The second kappa shape index (κ2) is 5.60. The van der Waals surface area contributed by atoms with Crippen LogP contribution in [-0.4, -0.2) is 4.92 Å². The normalized spacial score (nSPS) is 10.3. The summed E-state index contributed by atoms with van der Waals surface area (Å²) in [5.41, 5.74) is -0.326. The first-order valence-corrected chi connectivity index (χ1v) is 5.59. The molecular weight excluding hydrogens is 273 g/mol. The molecular formula is C13H9F3N2O2. The Morgan fingerprint density at radius 3 is 2.50 bits per heavy atom. The Hall–Kier alpha value is -2.57. The van der Waals surface area contributed by atoms with Crippen molar-refractivity contribution in [2.45, 2.75) is 6.54 Å². The number of nitrogens with one attached hydrogen (secondary N) is 1. The summed E-state index contributed by atoms with van der Waals surface area (Å²) in [7, 11) is 0. The zero-order chi connectivity index (χ0) is 14.7. The number of rotatable bonds is 4. The van der Waals surface area contributed by atoms with E-state index in [9.17, 15) is 23.3 Å². The van der Waals surface area contributed by atoms with E-state index in [4.69, 9.17) is 0 Å². The number of nitrogens with zero attached hydrogens (tertiary/aromatic N) is 1. The van der Waals surface area contributed by atoms with E-state index in [0.717, 1.165) is 18.2 Å². The van der Waals surface area contributed by atoms with Gasteiger partial charge in [-0.25, -0.2) is 8.78 Å². The first-order valence-electron chi connectivity index (χ1n) is 5.59. The number of hydrogen-bond acceptors (Lipinski definition) is 3. The van der Waals surface area contributed by atoms with E-state index in [2.05, 4.69) is 5.32 Å². The molecule has 0 spiro atoms. The first-order chi connectivity index (χ1) is 9.49. The minimum absolute atomic E-state index is 0.0592. The van der Waals surface area contributed by atoms with Crippen LogP contribution in [0.25, 0.3) is 0 Å². The van der Waals surface area contributed by atoms with Crippen LogP contribution >= 0.6 is 0 Å². The van der Waals surface area contributed by atoms with Crippen LogP contribution < -0.4 is 5.32 Å². The molecule has 0 aromatic heterocycles. The molecule has 0 aliphatic rings. The van der Waals surface area contributed by atoms with Gasteiger partial charge in [0.25, 0.3) is 0 Å². The lowest BCUT2D eigenvalue weighted by Crippen LogP contribution is -2.04. The zero-order valence-electron chi connectivity index (χ0n) is 10.1. The summed E-state index contributed by atoms with van der Waals surface area (Å²) in [6.07, 6.45) is 0. The molecule has 0 saturated heterocycles. The Kier molecular flexibility index (Phi) is 3.88. The first kappa shape index (κ1) is 13.9. The quantitative estimate of drug-likeness (QED) is 0.688. The van der Waals surface area contributed by atoms with E-state index < -0.39 is 28.1 Å². The molecule has 0 fully saturated rings. The standard InChI is InChI=1S/C13H9F3N2O2/c14-10-5-4-9(6-11(10)15)17-7-8-2-1-3-12(13(8)16)18(19)20/h1-6,17H,7H2. The average Bonchev–Trinajstić information content (AvgIpc) is 2.41. The van der Waals surface area contributed by atoms with E-state index in [0.29, 0.717) is 0 Å². The SMILES string of the molecule is O=[N+]([O-])c1cccc(CNc2ccc(F)c(F)c2)c1F. The molecule has 0 bridgehead atoms. The minimum atomic E-state index is -1.03. The molecule has 2 aromatic carbocycles. The summed E-state index contributed by atoms with van der Waals surface area (Å²) in [6, 6.07) is 6.91. The second-order valence-electron chi connectivity index (χ2n) is 3.99. The third-order valence-corrected chi connectivity index (χ3v) is 2.66. The third kappa shape index (κ3) is 2.87. The van der Waals surface area contributed by atoms with Gasteiger partial charge in [-0.2, -0.15) is 4.39 Å². The molecule has 0 aliphatic heterocycles. The second-order valence-corrected chi connectivity index (χ2v) is 3.99. The Morgan fingerprint density at radius 1 is 1.10 bits per heavy atom. The maximum Gasteiger partial charge on any atom is 0.305 e. The number of anilines is 1. The van der Waals surface area contributed by atoms with Gasteiger partial charge in [-0.1, -0.05) is 12.1 Å². The van der Waals surface area contributed by atoms with E-state index in [-0.39, 0.29) is 17.8 Å². The highest BCUT2D eigenvalue weighted by Crippen LogP contribution is 2.21. The lowest BCUT2D eigenvalue weighted by Gasteiger charge is -2.08. The number of halogens is 3. The van der Waals surface area contributed by atoms with Gasteiger partial charge < -0.3 is 5.32 Å². The smallest absolute Gasteiger partial charge is 0.305 e.